The average Bonchev–Trinajstić information content (AvgIpc) is 3.28. The molecule has 2 rings (SSSR count). The van der Waals surface area contributed by atoms with Gasteiger partial charge in [0.1, 0.15) is 12.6 Å². The van der Waals surface area contributed by atoms with E-state index in [9.17, 15) is 27.6 Å². The molecule has 0 saturated heterocycles. The van der Waals surface area contributed by atoms with Crippen LogP contribution in [0.15, 0.2) is 46.7 Å². The Morgan fingerprint density at radius 3 is 2.39 bits per heavy atom. The summed E-state index contributed by atoms with van der Waals surface area (Å²) in [5, 5.41) is 15.3. The lowest BCUT2D eigenvalue weighted by Gasteiger charge is -2.20. The van der Waals surface area contributed by atoms with Crippen LogP contribution in [0.4, 0.5) is 4.79 Å². The molecular weight excluding hydrogens is 510 g/mol. The SMILES string of the molecule is CC(C)C[C@H](NC(=O)OCc1ccccc1)C(=O)NCC(=O)CNS(=O)(=O)c1ccsc1CC(=O)O. The molecule has 0 unspecified atom stereocenters. The summed E-state index contributed by atoms with van der Waals surface area (Å²) in [6.07, 6.45) is -0.959. The molecule has 0 spiro atoms. The zero-order chi connectivity index (χ0) is 26.7. The van der Waals surface area contributed by atoms with E-state index in [4.69, 9.17) is 9.84 Å². The van der Waals surface area contributed by atoms with Gasteiger partial charge >= 0.3 is 12.1 Å². The second-order valence-electron chi connectivity index (χ2n) is 8.25. The van der Waals surface area contributed by atoms with Crippen LogP contribution in [-0.4, -0.2) is 56.4 Å². The van der Waals surface area contributed by atoms with E-state index >= 15 is 0 Å². The maximum Gasteiger partial charge on any atom is 0.408 e. The molecule has 0 aliphatic heterocycles. The Kier molecular flexibility index (Phi) is 11.0. The maximum atomic E-state index is 12.6. The number of rotatable bonds is 14. The topological polar surface area (TPSA) is 168 Å². The predicted molar refractivity (Wildman–Crippen MR) is 132 cm³/mol. The summed E-state index contributed by atoms with van der Waals surface area (Å²) in [5.41, 5.74) is 0.781. The molecule has 1 heterocycles. The lowest BCUT2D eigenvalue weighted by Crippen LogP contribution is -2.49. The van der Waals surface area contributed by atoms with E-state index in [1.807, 2.05) is 19.9 Å². The van der Waals surface area contributed by atoms with Crippen LogP contribution in [0.3, 0.4) is 0 Å². The van der Waals surface area contributed by atoms with E-state index in [-0.39, 0.29) is 28.7 Å². The number of carbonyl (C=O) groups excluding carboxylic acids is 3. The van der Waals surface area contributed by atoms with Crippen molar-refractivity contribution in [2.45, 2.75) is 44.2 Å². The van der Waals surface area contributed by atoms with Gasteiger partial charge < -0.3 is 20.5 Å². The first-order chi connectivity index (χ1) is 17.0. The normalized spacial score (nSPS) is 12.1. The van der Waals surface area contributed by atoms with E-state index in [1.54, 1.807) is 24.3 Å². The number of ketones is 1. The molecule has 1 atom stereocenters. The van der Waals surface area contributed by atoms with Crippen molar-refractivity contribution < 1.29 is 37.4 Å². The Morgan fingerprint density at radius 1 is 1.06 bits per heavy atom. The van der Waals surface area contributed by atoms with Crippen molar-refractivity contribution >= 4 is 45.1 Å². The summed E-state index contributed by atoms with van der Waals surface area (Å²) in [4.78, 5) is 47.8. The Bertz CT molecular complexity index is 1160. The van der Waals surface area contributed by atoms with Crippen LogP contribution < -0.4 is 15.4 Å². The van der Waals surface area contributed by atoms with Gasteiger partial charge in [-0.2, -0.15) is 0 Å². The van der Waals surface area contributed by atoms with Crippen molar-refractivity contribution in [3.63, 3.8) is 0 Å². The number of benzene rings is 1. The smallest absolute Gasteiger partial charge is 0.408 e. The average molecular weight is 540 g/mol. The number of sulfonamides is 1. The van der Waals surface area contributed by atoms with Gasteiger partial charge in [-0.1, -0.05) is 44.2 Å². The minimum atomic E-state index is -4.11. The third-order valence-electron chi connectivity index (χ3n) is 4.75. The molecule has 0 aliphatic carbocycles. The third kappa shape index (κ3) is 9.76. The predicted octanol–water partition coefficient (Wildman–Crippen LogP) is 1.68. The second kappa shape index (κ2) is 13.7. The van der Waals surface area contributed by atoms with Crippen molar-refractivity contribution in [3.05, 3.63) is 52.2 Å². The molecule has 2 amide bonds. The highest BCUT2D eigenvalue weighted by molar-refractivity contribution is 7.89. The Balaban J connectivity index is 1.86. The van der Waals surface area contributed by atoms with Gasteiger partial charge in [0.15, 0.2) is 5.78 Å². The first-order valence-electron chi connectivity index (χ1n) is 11.0. The minimum Gasteiger partial charge on any atom is -0.481 e. The number of amides is 2. The molecular formula is C23H29N3O8S2. The number of carboxylic acids is 1. The van der Waals surface area contributed by atoms with E-state index in [0.717, 1.165) is 16.9 Å². The van der Waals surface area contributed by atoms with Crippen LogP contribution in [0.5, 0.6) is 0 Å². The van der Waals surface area contributed by atoms with Gasteiger partial charge in [-0.3, -0.25) is 14.4 Å². The number of carboxylic acid groups (broad SMARTS) is 1. The highest BCUT2D eigenvalue weighted by Crippen LogP contribution is 2.22. The molecule has 0 aliphatic rings. The number of carbonyl (C=O) groups is 4. The minimum absolute atomic E-state index is 0.0274. The molecule has 0 radical (unpaired) electrons. The van der Waals surface area contributed by atoms with Crippen molar-refractivity contribution in [1.82, 2.24) is 15.4 Å². The van der Waals surface area contributed by atoms with Gasteiger partial charge in [0.2, 0.25) is 15.9 Å². The quantitative estimate of drug-likeness (QED) is 0.281. The number of hydrogen-bond acceptors (Lipinski definition) is 8. The van der Waals surface area contributed by atoms with Gasteiger partial charge in [-0.15, -0.1) is 11.3 Å². The fourth-order valence-electron chi connectivity index (χ4n) is 3.07. The third-order valence-corrected chi connectivity index (χ3v) is 7.29. The molecule has 4 N–H and O–H groups in total. The van der Waals surface area contributed by atoms with Crippen LogP contribution in [0.2, 0.25) is 0 Å². The van der Waals surface area contributed by atoms with Gasteiger partial charge in [0.05, 0.1) is 24.4 Å². The fourth-order valence-corrected chi connectivity index (χ4v) is 5.51. The molecule has 13 heteroatoms. The monoisotopic (exact) mass is 539 g/mol. The molecule has 1 aromatic heterocycles. The Morgan fingerprint density at radius 2 is 1.75 bits per heavy atom. The Labute approximate surface area is 213 Å². The molecule has 0 saturated carbocycles. The van der Waals surface area contributed by atoms with Crippen LogP contribution in [0.25, 0.3) is 0 Å². The second-order valence-corrected chi connectivity index (χ2v) is 11.0. The first kappa shape index (κ1) is 28.9. The highest BCUT2D eigenvalue weighted by atomic mass is 32.2. The van der Waals surface area contributed by atoms with Gasteiger partial charge in [0, 0.05) is 4.88 Å². The molecule has 0 bridgehead atoms. The molecule has 11 nitrogen and oxygen atoms in total. The van der Waals surface area contributed by atoms with Crippen molar-refractivity contribution in [2.75, 3.05) is 13.1 Å². The van der Waals surface area contributed by atoms with Crippen LogP contribution in [0.1, 0.15) is 30.7 Å². The zero-order valence-electron chi connectivity index (χ0n) is 19.9. The largest absolute Gasteiger partial charge is 0.481 e. The molecule has 2 aromatic rings. The van der Waals surface area contributed by atoms with E-state index < -0.39 is 59.3 Å². The van der Waals surface area contributed by atoms with Crippen molar-refractivity contribution in [3.8, 4) is 0 Å². The van der Waals surface area contributed by atoms with E-state index in [1.165, 1.54) is 11.4 Å². The number of thiophene rings is 1. The molecule has 196 valence electrons. The van der Waals surface area contributed by atoms with E-state index in [0.29, 0.717) is 0 Å². The number of nitrogens with one attached hydrogen (secondary N) is 3. The van der Waals surface area contributed by atoms with Crippen molar-refractivity contribution in [2.24, 2.45) is 5.92 Å². The van der Waals surface area contributed by atoms with Gasteiger partial charge in [0.25, 0.3) is 0 Å². The summed E-state index contributed by atoms with van der Waals surface area (Å²) in [6, 6.07) is 9.32. The number of aliphatic carboxylic acids is 1. The lowest BCUT2D eigenvalue weighted by molar-refractivity contribution is -0.136. The number of Topliss-reactive ketones (excluding diaryl/α,β-unsaturated/α-hetero) is 1. The van der Waals surface area contributed by atoms with Crippen LogP contribution in [-0.2, 0) is 42.2 Å². The summed E-state index contributed by atoms with van der Waals surface area (Å²) < 4.78 is 32.2. The standard InChI is InChI=1S/C23H29N3O8S2/c1-15(2)10-18(26-23(31)34-14-16-6-4-3-5-7-16)22(30)24-12-17(27)13-25-36(32,33)20-8-9-35-19(20)11-21(28)29/h3-9,15,18,25H,10-14H2,1-2H3,(H,24,30)(H,26,31)(H,28,29)/t18-/m0/s1. The summed E-state index contributed by atoms with van der Waals surface area (Å²) in [6.45, 7) is 2.68. The zero-order valence-corrected chi connectivity index (χ0v) is 21.5. The van der Waals surface area contributed by atoms with Gasteiger partial charge in [-0.05, 0) is 29.3 Å². The van der Waals surface area contributed by atoms with Crippen molar-refractivity contribution in [1.29, 1.82) is 0 Å². The van der Waals surface area contributed by atoms with Gasteiger partial charge in [-0.25, -0.2) is 17.9 Å². The maximum absolute atomic E-state index is 12.6. The highest BCUT2D eigenvalue weighted by Gasteiger charge is 2.25. The lowest BCUT2D eigenvalue weighted by atomic mass is 10.0. The molecule has 1 aromatic carbocycles. The number of ether oxygens (including phenoxy) is 1. The number of hydrogen-bond donors (Lipinski definition) is 4. The van der Waals surface area contributed by atoms with Crippen LogP contribution >= 0.6 is 11.3 Å². The van der Waals surface area contributed by atoms with Crippen LogP contribution in [0, 0.1) is 5.92 Å². The first-order valence-corrected chi connectivity index (χ1v) is 13.4. The molecule has 36 heavy (non-hydrogen) atoms. The summed E-state index contributed by atoms with van der Waals surface area (Å²) in [7, 11) is -4.11. The van der Waals surface area contributed by atoms with E-state index in [2.05, 4.69) is 15.4 Å². The Hall–Kier alpha value is -3.29. The molecule has 0 fully saturated rings. The fraction of sp³-hybridized carbons (Fsp3) is 0.391. The summed E-state index contributed by atoms with van der Waals surface area (Å²) in [5.74, 6) is -2.38. The number of alkyl carbamates (subject to hydrolysis) is 1. The summed E-state index contributed by atoms with van der Waals surface area (Å²) >= 11 is 0.981.